The van der Waals surface area contributed by atoms with Crippen molar-refractivity contribution in [2.45, 2.75) is 33.6 Å². The first-order chi connectivity index (χ1) is 13.3. The summed E-state index contributed by atoms with van der Waals surface area (Å²) in [6.07, 6.45) is 1.72. The Kier molecular flexibility index (Phi) is 5.75. The average Bonchev–Trinajstić information content (AvgIpc) is 2.91. The van der Waals surface area contributed by atoms with E-state index in [1.807, 2.05) is 26.0 Å². The molecule has 0 radical (unpaired) electrons. The van der Waals surface area contributed by atoms with Gasteiger partial charge in [0.2, 0.25) is 0 Å². The van der Waals surface area contributed by atoms with E-state index < -0.39 is 11.9 Å². The third kappa shape index (κ3) is 3.90. The molecule has 6 heteroatoms. The quantitative estimate of drug-likeness (QED) is 0.551. The molecule has 0 atom stereocenters. The smallest absolute Gasteiger partial charge is 0.333 e. The molecule has 28 heavy (non-hydrogen) atoms. The molecule has 2 aromatic carbocycles. The predicted molar refractivity (Wildman–Crippen MR) is 112 cm³/mol. The number of imide groups is 1. The number of anilines is 1. The highest BCUT2D eigenvalue weighted by molar-refractivity contribution is 6.31. The molecule has 0 saturated carbocycles. The number of carbonyl (C=O) groups excluding carboxylic acids is 2. The third-order valence-electron chi connectivity index (χ3n) is 4.58. The Labute approximate surface area is 169 Å². The van der Waals surface area contributed by atoms with Crippen LogP contribution in [0.3, 0.4) is 0 Å². The molecular formula is C22H23ClN2O3. The Hall–Kier alpha value is -2.79. The molecule has 146 valence electrons. The molecular weight excluding hydrogens is 376 g/mol. The Morgan fingerprint density at radius 3 is 2.46 bits per heavy atom. The summed E-state index contributed by atoms with van der Waals surface area (Å²) in [5, 5.41) is 3.20. The van der Waals surface area contributed by atoms with E-state index in [2.05, 4.69) is 19.2 Å². The normalized spacial score (nSPS) is 15.5. The molecule has 0 bridgehead atoms. The maximum atomic E-state index is 12.8. The zero-order valence-corrected chi connectivity index (χ0v) is 17.1. The Bertz CT molecular complexity index is 949. The second kappa shape index (κ2) is 8.07. The van der Waals surface area contributed by atoms with Crippen LogP contribution < -0.4 is 15.0 Å². The number of halogens is 1. The van der Waals surface area contributed by atoms with Gasteiger partial charge in [-0.3, -0.25) is 4.79 Å². The van der Waals surface area contributed by atoms with Gasteiger partial charge >= 0.3 is 6.03 Å². The fraction of sp³-hybridized carbons (Fsp3) is 0.273. The van der Waals surface area contributed by atoms with Crippen LogP contribution in [0.2, 0.25) is 5.02 Å². The Morgan fingerprint density at radius 1 is 1.18 bits per heavy atom. The van der Waals surface area contributed by atoms with Gasteiger partial charge in [-0.05, 0) is 78.9 Å². The van der Waals surface area contributed by atoms with E-state index in [-0.39, 0.29) is 11.6 Å². The zero-order valence-electron chi connectivity index (χ0n) is 16.4. The molecule has 0 aromatic heterocycles. The number of rotatable bonds is 5. The number of amides is 3. The molecule has 0 unspecified atom stereocenters. The first-order valence-corrected chi connectivity index (χ1v) is 9.59. The van der Waals surface area contributed by atoms with Crippen LogP contribution in [0, 0.1) is 6.92 Å². The number of nitrogens with zero attached hydrogens (tertiary/aromatic N) is 1. The topological polar surface area (TPSA) is 58.6 Å². The van der Waals surface area contributed by atoms with Crippen molar-refractivity contribution >= 4 is 35.3 Å². The zero-order chi connectivity index (χ0) is 20.4. The van der Waals surface area contributed by atoms with E-state index >= 15 is 0 Å². The van der Waals surface area contributed by atoms with Gasteiger partial charge < -0.3 is 10.1 Å². The van der Waals surface area contributed by atoms with Gasteiger partial charge in [-0.2, -0.15) is 0 Å². The summed E-state index contributed by atoms with van der Waals surface area (Å²) in [6.45, 7) is 8.68. The van der Waals surface area contributed by atoms with Crippen LogP contribution in [0.15, 0.2) is 42.1 Å². The van der Waals surface area contributed by atoms with Gasteiger partial charge in [0.1, 0.15) is 11.4 Å². The maximum absolute atomic E-state index is 12.8. The number of hydrogen-bond donors (Lipinski definition) is 1. The van der Waals surface area contributed by atoms with E-state index in [0.29, 0.717) is 17.3 Å². The van der Waals surface area contributed by atoms with E-state index in [1.54, 1.807) is 30.3 Å². The number of benzene rings is 2. The van der Waals surface area contributed by atoms with Gasteiger partial charge in [0, 0.05) is 5.02 Å². The van der Waals surface area contributed by atoms with Gasteiger partial charge in [-0.1, -0.05) is 25.4 Å². The van der Waals surface area contributed by atoms with Crippen LogP contribution >= 0.6 is 11.6 Å². The predicted octanol–water partition coefficient (Wildman–Crippen LogP) is 5.27. The molecule has 2 aromatic rings. The highest BCUT2D eigenvalue weighted by Gasteiger charge is 2.35. The molecule has 1 saturated heterocycles. The lowest BCUT2D eigenvalue weighted by Gasteiger charge is -2.16. The number of carbonyl (C=O) groups is 2. The van der Waals surface area contributed by atoms with Gasteiger partial charge in [-0.25, -0.2) is 9.69 Å². The lowest BCUT2D eigenvalue weighted by molar-refractivity contribution is -0.113. The molecule has 1 aliphatic heterocycles. The second-order valence-electron chi connectivity index (χ2n) is 6.94. The molecule has 1 heterocycles. The summed E-state index contributed by atoms with van der Waals surface area (Å²) >= 11 is 5.89. The summed E-state index contributed by atoms with van der Waals surface area (Å²) < 4.78 is 5.75. The first kappa shape index (κ1) is 20.0. The minimum Gasteiger partial charge on any atom is -0.494 e. The largest absolute Gasteiger partial charge is 0.494 e. The van der Waals surface area contributed by atoms with Gasteiger partial charge in [0.25, 0.3) is 5.91 Å². The second-order valence-corrected chi connectivity index (χ2v) is 7.38. The van der Waals surface area contributed by atoms with Crippen LogP contribution in [0.25, 0.3) is 6.08 Å². The van der Waals surface area contributed by atoms with Crippen LogP contribution in [-0.2, 0) is 4.79 Å². The van der Waals surface area contributed by atoms with Crippen LogP contribution in [0.4, 0.5) is 10.5 Å². The van der Waals surface area contributed by atoms with Crippen molar-refractivity contribution in [2.75, 3.05) is 11.5 Å². The Morgan fingerprint density at radius 2 is 1.86 bits per heavy atom. The summed E-state index contributed by atoms with van der Waals surface area (Å²) in [4.78, 5) is 26.3. The standard InChI is InChI=1S/C22H23ClN2O3/c1-5-28-20-10-14(4)15(11-18(20)13(2)3)12-19-21(26)25(22(27)24-19)17-8-6-16(23)7-9-17/h6-13H,5H2,1-4H3,(H,24,27)/b19-12+. The summed E-state index contributed by atoms with van der Waals surface area (Å²) in [5.41, 5.74) is 3.61. The number of aryl methyl sites for hydroxylation is 1. The van der Waals surface area contributed by atoms with Gasteiger partial charge in [0.15, 0.2) is 0 Å². The highest BCUT2D eigenvalue weighted by Crippen LogP contribution is 2.31. The van der Waals surface area contributed by atoms with Crippen LogP contribution in [-0.4, -0.2) is 18.5 Å². The van der Waals surface area contributed by atoms with Gasteiger partial charge in [-0.15, -0.1) is 0 Å². The van der Waals surface area contributed by atoms with Crippen molar-refractivity contribution in [3.05, 3.63) is 63.8 Å². The van der Waals surface area contributed by atoms with E-state index in [0.717, 1.165) is 27.3 Å². The lowest BCUT2D eigenvalue weighted by atomic mass is 9.96. The molecule has 3 rings (SSSR count). The van der Waals surface area contributed by atoms with Crippen LogP contribution in [0.5, 0.6) is 5.75 Å². The minimum absolute atomic E-state index is 0.238. The van der Waals surface area contributed by atoms with Crippen molar-refractivity contribution in [1.82, 2.24) is 5.32 Å². The first-order valence-electron chi connectivity index (χ1n) is 9.21. The third-order valence-corrected chi connectivity index (χ3v) is 4.84. The lowest BCUT2D eigenvalue weighted by Crippen LogP contribution is -2.30. The number of hydrogen-bond acceptors (Lipinski definition) is 3. The summed E-state index contributed by atoms with van der Waals surface area (Å²) in [7, 11) is 0. The minimum atomic E-state index is -0.480. The van der Waals surface area contributed by atoms with E-state index in [1.165, 1.54) is 0 Å². The van der Waals surface area contributed by atoms with Crippen molar-refractivity contribution in [1.29, 1.82) is 0 Å². The molecule has 1 fully saturated rings. The summed E-state index contributed by atoms with van der Waals surface area (Å²) in [5.74, 6) is 0.715. The molecule has 1 aliphatic rings. The number of nitrogens with one attached hydrogen (secondary N) is 1. The highest BCUT2D eigenvalue weighted by atomic mass is 35.5. The van der Waals surface area contributed by atoms with Crippen molar-refractivity contribution in [3.63, 3.8) is 0 Å². The summed E-state index contributed by atoms with van der Waals surface area (Å²) in [6, 6.07) is 10.1. The van der Waals surface area contributed by atoms with Crippen molar-refractivity contribution in [2.24, 2.45) is 0 Å². The molecule has 3 amide bonds. The van der Waals surface area contributed by atoms with E-state index in [4.69, 9.17) is 16.3 Å². The fourth-order valence-corrected chi connectivity index (χ4v) is 3.24. The van der Waals surface area contributed by atoms with Crippen LogP contribution in [0.1, 0.15) is 43.4 Å². The Balaban J connectivity index is 1.97. The molecule has 0 spiro atoms. The number of ether oxygens (including phenoxy) is 1. The monoisotopic (exact) mass is 398 g/mol. The maximum Gasteiger partial charge on any atom is 0.333 e. The molecule has 5 nitrogen and oxygen atoms in total. The number of urea groups is 1. The molecule has 0 aliphatic carbocycles. The fourth-order valence-electron chi connectivity index (χ4n) is 3.12. The van der Waals surface area contributed by atoms with Crippen molar-refractivity contribution in [3.8, 4) is 5.75 Å². The van der Waals surface area contributed by atoms with Gasteiger partial charge in [0.05, 0.1) is 12.3 Å². The molecule has 1 N–H and O–H groups in total. The van der Waals surface area contributed by atoms with Crippen molar-refractivity contribution < 1.29 is 14.3 Å². The van der Waals surface area contributed by atoms with E-state index in [9.17, 15) is 9.59 Å². The SMILES string of the molecule is CCOc1cc(C)c(/C=C2/NC(=O)N(c3ccc(Cl)cc3)C2=O)cc1C(C)C. The average molecular weight is 399 g/mol.